The third-order valence-electron chi connectivity index (χ3n) is 6.57. The summed E-state index contributed by atoms with van der Waals surface area (Å²) in [5, 5.41) is 19.4. The van der Waals surface area contributed by atoms with Gasteiger partial charge in [0.25, 0.3) is 23.6 Å². The van der Waals surface area contributed by atoms with Crippen LogP contribution in [0.25, 0.3) is 10.8 Å². The summed E-state index contributed by atoms with van der Waals surface area (Å²) in [6.07, 6.45) is 0.857. The number of nitrogens with zero attached hydrogens (tertiary/aromatic N) is 2. The van der Waals surface area contributed by atoms with Crippen LogP contribution in [0.5, 0.6) is 0 Å². The SMILES string of the molecule is CCC(CO)N1C(=O)c2ccc3c4c(ccc(c24)C1=O)C(=O)N(c1ccc(CCO)cc1)C3=O. The minimum atomic E-state index is -0.664. The van der Waals surface area contributed by atoms with Gasteiger partial charge in [-0.1, -0.05) is 19.1 Å². The Labute approximate surface area is 195 Å². The lowest BCUT2D eigenvalue weighted by molar-refractivity contribution is 0.0465. The van der Waals surface area contributed by atoms with Crippen molar-refractivity contribution >= 4 is 40.1 Å². The van der Waals surface area contributed by atoms with Gasteiger partial charge in [0.15, 0.2) is 0 Å². The average Bonchev–Trinajstić information content (AvgIpc) is 2.85. The topological polar surface area (TPSA) is 115 Å². The van der Waals surface area contributed by atoms with Crippen molar-refractivity contribution in [2.75, 3.05) is 18.1 Å². The van der Waals surface area contributed by atoms with Crippen molar-refractivity contribution in [1.29, 1.82) is 0 Å². The molecule has 34 heavy (non-hydrogen) atoms. The van der Waals surface area contributed by atoms with Gasteiger partial charge in [-0.15, -0.1) is 0 Å². The number of carbonyl (C=O) groups excluding carboxylic acids is 4. The quantitative estimate of drug-likeness (QED) is 0.549. The molecule has 0 aromatic heterocycles. The molecule has 2 N–H and O–H groups in total. The maximum atomic E-state index is 13.4. The van der Waals surface area contributed by atoms with Gasteiger partial charge in [0.05, 0.1) is 18.3 Å². The summed E-state index contributed by atoms with van der Waals surface area (Å²) in [6.45, 7) is 1.41. The Morgan fingerprint density at radius 3 is 1.59 bits per heavy atom. The summed E-state index contributed by atoms with van der Waals surface area (Å²) >= 11 is 0. The summed E-state index contributed by atoms with van der Waals surface area (Å²) in [7, 11) is 0. The molecule has 1 unspecified atom stereocenters. The zero-order valence-electron chi connectivity index (χ0n) is 18.4. The van der Waals surface area contributed by atoms with Crippen molar-refractivity contribution in [3.8, 4) is 0 Å². The largest absolute Gasteiger partial charge is 0.396 e. The summed E-state index contributed by atoms with van der Waals surface area (Å²) in [4.78, 5) is 55.5. The van der Waals surface area contributed by atoms with E-state index in [-0.39, 0.29) is 35.5 Å². The number of hydrogen-bond donors (Lipinski definition) is 2. The summed E-state index contributed by atoms with van der Waals surface area (Å²) in [5.41, 5.74) is 2.18. The van der Waals surface area contributed by atoms with Gasteiger partial charge >= 0.3 is 0 Å². The molecule has 5 rings (SSSR count). The van der Waals surface area contributed by atoms with E-state index in [4.69, 9.17) is 5.11 Å². The lowest BCUT2D eigenvalue weighted by Crippen LogP contribution is -2.49. The first-order chi connectivity index (χ1) is 16.4. The van der Waals surface area contributed by atoms with Gasteiger partial charge < -0.3 is 10.2 Å². The lowest BCUT2D eigenvalue weighted by atomic mass is 9.85. The molecule has 0 saturated heterocycles. The number of hydrogen-bond acceptors (Lipinski definition) is 6. The molecule has 3 aromatic rings. The van der Waals surface area contributed by atoms with Gasteiger partial charge in [0.1, 0.15) is 0 Å². The Bertz CT molecular complexity index is 1300. The molecule has 2 aliphatic heterocycles. The highest BCUT2D eigenvalue weighted by Crippen LogP contribution is 2.39. The molecule has 4 amide bonds. The first-order valence-corrected chi connectivity index (χ1v) is 11.1. The zero-order valence-corrected chi connectivity index (χ0v) is 18.4. The second-order valence-corrected chi connectivity index (χ2v) is 8.38. The average molecular weight is 458 g/mol. The number of aliphatic hydroxyl groups excluding tert-OH is 2. The Hall–Kier alpha value is -3.88. The van der Waals surface area contributed by atoms with Crippen LogP contribution in [0.2, 0.25) is 0 Å². The molecule has 172 valence electrons. The summed E-state index contributed by atoms with van der Waals surface area (Å²) in [5.74, 6) is -2.19. The van der Waals surface area contributed by atoms with Crippen LogP contribution in [0.15, 0.2) is 48.5 Å². The van der Waals surface area contributed by atoms with Crippen molar-refractivity contribution in [1.82, 2.24) is 4.90 Å². The monoisotopic (exact) mass is 458 g/mol. The highest BCUT2D eigenvalue weighted by molar-refractivity contribution is 6.39. The van der Waals surface area contributed by atoms with Crippen LogP contribution < -0.4 is 4.90 Å². The van der Waals surface area contributed by atoms with Crippen LogP contribution in [0.3, 0.4) is 0 Å². The third-order valence-corrected chi connectivity index (χ3v) is 6.57. The molecule has 8 heteroatoms. The lowest BCUT2D eigenvalue weighted by Gasteiger charge is -2.34. The number of carbonyl (C=O) groups is 4. The first-order valence-electron chi connectivity index (χ1n) is 11.1. The number of imide groups is 2. The number of amides is 4. The zero-order chi connectivity index (χ0) is 24.1. The minimum absolute atomic E-state index is 0.00681. The van der Waals surface area contributed by atoms with E-state index in [1.165, 1.54) is 24.3 Å². The Balaban J connectivity index is 1.66. The van der Waals surface area contributed by atoms with Crippen molar-refractivity contribution in [3.05, 3.63) is 76.3 Å². The molecule has 0 spiro atoms. The molecule has 0 radical (unpaired) electrons. The van der Waals surface area contributed by atoms with E-state index in [0.29, 0.717) is 29.3 Å². The van der Waals surface area contributed by atoms with Crippen LogP contribution in [0.1, 0.15) is 60.3 Å². The fraction of sp³-hybridized carbons (Fsp3) is 0.231. The smallest absolute Gasteiger partial charge is 0.265 e. The van der Waals surface area contributed by atoms with Gasteiger partial charge in [0, 0.05) is 39.6 Å². The second kappa shape index (κ2) is 8.16. The molecular weight excluding hydrogens is 436 g/mol. The van der Waals surface area contributed by atoms with E-state index in [9.17, 15) is 24.3 Å². The van der Waals surface area contributed by atoms with Crippen molar-refractivity contribution in [2.24, 2.45) is 0 Å². The Kier molecular flexibility index (Phi) is 5.27. The minimum Gasteiger partial charge on any atom is -0.396 e. The van der Waals surface area contributed by atoms with E-state index in [1.54, 1.807) is 31.2 Å². The highest BCUT2D eigenvalue weighted by Gasteiger charge is 2.41. The number of rotatable bonds is 6. The van der Waals surface area contributed by atoms with Crippen molar-refractivity contribution in [3.63, 3.8) is 0 Å². The molecule has 0 fully saturated rings. The standard InChI is InChI=1S/C26H22N2O6/c1-2-15(13-30)27-23(31)17-7-9-19-22-20(10-8-18(21(17)22)24(27)32)26(34)28(25(19)33)16-5-3-14(4-6-16)11-12-29/h3-10,15,29-30H,2,11-13H2,1H3. The van der Waals surface area contributed by atoms with Gasteiger partial charge in [0.2, 0.25) is 0 Å². The van der Waals surface area contributed by atoms with Crippen LogP contribution in [0, 0.1) is 0 Å². The number of aliphatic hydroxyl groups is 2. The predicted molar refractivity (Wildman–Crippen MR) is 124 cm³/mol. The van der Waals surface area contributed by atoms with E-state index < -0.39 is 29.7 Å². The molecule has 0 saturated carbocycles. The maximum absolute atomic E-state index is 13.4. The Morgan fingerprint density at radius 2 is 1.18 bits per heavy atom. The van der Waals surface area contributed by atoms with E-state index in [0.717, 1.165) is 15.4 Å². The molecular formula is C26H22N2O6. The molecule has 2 heterocycles. The number of anilines is 1. The number of benzene rings is 3. The molecule has 3 aromatic carbocycles. The Morgan fingerprint density at radius 1 is 0.706 bits per heavy atom. The van der Waals surface area contributed by atoms with Crippen LogP contribution in [-0.2, 0) is 6.42 Å². The summed E-state index contributed by atoms with van der Waals surface area (Å²) in [6, 6.07) is 12.2. The molecule has 2 aliphatic rings. The molecule has 0 bridgehead atoms. The highest BCUT2D eigenvalue weighted by atomic mass is 16.3. The van der Waals surface area contributed by atoms with Gasteiger partial charge in [-0.3, -0.25) is 24.1 Å². The maximum Gasteiger partial charge on any atom is 0.265 e. The normalized spacial score (nSPS) is 16.0. The molecule has 1 atom stereocenters. The predicted octanol–water partition coefficient (Wildman–Crippen LogP) is 2.54. The third kappa shape index (κ3) is 2.99. The molecule has 0 aliphatic carbocycles. The van der Waals surface area contributed by atoms with Crippen molar-refractivity contribution < 1.29 is 29.4 Å². The summed E-state index contributed by atoms with van der Waals surface area (Å²) < 4.78 is 0. The van der Waals surface area contributed by atoms with Gasteiger partial charge in [-0.05, 0) is 54.8 Å². The van der Waals surface area contributed by atoms with Gasteiger partial charge in [-0.2, -0.15) is 0 Å². The second-order valence-electron chi connectivity index (χ2n) is 8.38. The van der Waals surface area contributed by atoms with E-state index >= 15 is 0 Å². The van der Waals surface area contributed by atoms with Crippen molar-refractivity contribution in [2.45, 2.75) is 25.8 Å². The first kappa shape index (κ1) is 21.9. The van der Waals surface area contributed by atoms with Crippen LogP contribution in [0.4, 0.5) is 5.69 Å². The molecule has 8 nitrogen and oxygen atoms in total. The van der Waals surface area contributed by atoms with E-state index in [1.807, 2.05) is 0 Å². The fourth-order valence-corrected chi connectivity index (χ4v) is 4.79. The fourth-order valence-electron chi connectivity index (χ4n) is 4.79. The van der Waals surface area contributed by atoms with E-state index in [2.05, 4.69) is 0 Å². The van der Waals surface area contributed by atoms with Gasteiger partial charge in [-0.25, -0.2) is 4.90 Å². The van der Waals surface area contributed by atoms with Crippen LogP contribution >= 0.6 is 0 Å². The van der Waals surface area contributed by atoms with Crippen LogP contribution in [-0.4, -0.2) is 58.0 Å².